The van der Waals surface area contributed by atoms with Crippen molar-refractivity contribution in [2.75, 3.05) is 6.54 Å². The Hall–Kier alpha value is 0.160. The lowest BCUT2D eigenvalue weighted by Gasteiger charge is -2.14. The molecule has 0 aromatic heterocycles. The monoisotopic (exact) mass is 895 g/mol. The topological polar surface area (TPSA) is 135 Å². The molecule has 0 heterocycles. The zero-order chi connectivity index (χ0) is 26.5. The number of carbonyl (C=O) groups excluding carboxylic acids is 1. The third-order valence-corrected chi connectivity index (χ3v) is 14.4. The lowest BCUT2D eigenvalue weighted by atomic mass is 10.2. The maximum atomic E-state index is 12.1. The Labute approximate surface area is 247 Å². The Morgan fingerprint density at radius 1 is 0.824 bits per heavy atom. The summed E-state index contributed by atoms with van der Waals surface area (Å²) in [5.41, 5.74) is 0.951. The fourth-order valence-corrected chi connectivity index (χ4v) is 7.15. The molecule has 2 aromatic rings. The maximum absolute atomic E-state index is 12.1. The highest BCUT2D eigenvalue weighted by atomic mass is 80.0. The van der Waals surface area contributed by atoms with E-state index in [0.717, 1.165) is 11.6 Å². The summed E-state index contributed by atoms with van der Waals surface area (Å²) in [5.74, 6) is -1.86. The van der Waals surface area contributed by atoms with E-state index in [9.17, 15) is 26.4 Å². The molecule has 188 valence electrons. The van der Waals surface area contributed by atoms with Crippen molar-refractivity contribution in [1.29, 1.82) is 0 Å². The van der Waals surface area contributed by atoms with Crippen molar-refractivity contribution in [2.24, 2.45) is 0 Å². The van der Waals surface area contributed by atoms with Crippen LogP contribution >= 0.6 is 95.6 Å². The number of rotatable bonds is 5. The number of aliphatic carboxylic acids is 1. The normalized spacial score (nSPS) is 12.3. The number of aryl methyl sites for hydroxylation is 1. The average molecular weight is 901 g/mol. The lowest BCUT2D eigenvalue weighted by Crippen LogP contribution is -2.29. The van der Waals surface area contributed by atoms with Gasteiger partial charge in [0.15, 0.2) is 0 Å². The Balaban J connectivity index is 0.000000362. The summed E-state index contributed by atoms with van der Waals surface area (Å²) in [5, 5.41) is 10.6. The predicted molar refractivity (Wildman–Crippen MR) is 151 cm³/mol. The lowest BCUT2D eigenvalue weighted by molar-refractivity contribution is -0.135. The molecule has 0 aliphatic carbocycles. The van der Waals surface area contributed by atoms with Gasteiger partial charge in [-0.15, -0.1) is 0 Å². The van der Waals surface area contributed by atoms with Gasteiger partial charge in [-0.1, -0.05) is 18.2 Å². The van der Waals surface area contributed by atoms with Gasteiger partial charge in [0.1, 0.15) is 6.54 Å². The van der Waals surface area contributed by atoms with E-state index >= 15 is 0 Å². The van der Waals surface area contributed by atoms with Gasteiger partial charge in [-0.05, 0) is 138 Å². The van der Waals surface area contributed by atoms with Gasteiger partial charge < -0.3 is 10.4 Å². The molecule has 2 N–H and O–H groups in total. The van der Waals surface area contributed by atoms with Crippen LogP contribution in [0.2, 0.25) is 0 Å². The van der Waals surface area contributed by atoms with Crippen molar-refractivity contribution >= 4 is 127 Å². The van der Waals surface area contributed by atoms with Crippen LogP contribution in [-0.2, 0) is 24.5 Å². The summed E-state index contributed by atoms with van der Waals surface area (Å²) in [4.78, 5) is 22.2. The number of nitrogens with one attached hydrogen (secondary N) is 1. The molecule has 0 fully saturated rings. The van der Waals surface area contributed by atoms with E-state index in [0.29, 0.717) is 0 Å². The second-order valence-electron chi connectivity index (χ2n) is 6.32. The summed E-state index contributed by atoms with van der Waals surface area (Å²) < 4.78 is 45.1. The molecule has 0 saturated heterocycles. The number of carbonyl (C=O) groups is 2. The molecular weight excluding hydrogens is 886 g/mol. The zero-order valence-corrected chi connectivity index (χ0v) is 28.0. The molecule has 16 heteroatoms. The number of carboxylic acids is 1. The van der Waals surface area contributed by atoms with Crippen molar-refractivity contribution < 1.29 is 31.5 Å². The molecule has 8 nitrogen and oxygen atoms in total. The minimum atomic E-state index is -3.81. The molecule has 0 aliphatic heterocycles. The summed E-state index contributed by atoms with van der Waals surface area (Å²) in [6, 6.07) is 12.0. The van der Waals surface area contributed by atoms with Crippen LogP contribution in [0.25, 0.3) is 0 Å². The first-order chi connectivity index (χ1) is 15.3. The molecule has 0 atom stereocenters. The van der Waals surface area contributed by atoms with Gasteiger partial charge in [-0.25, -0.2) is 16.8 Å². The van der Waals surface area contributed by atoms with Gasteiger partial charge in [0, 0.05) is 5.56 Å². The van der Waals surface area contributed by atoms with Gasteiger partial charge in [0.05, 0.1) is 9.79 Å². The van der Waals surface area contributed by atoms with Crippen LogP contribution in [0.15, 0.2) is 58.3 Å². The van der Waals surface area contributed by atoms with Crippen molar-refractivity contribution in [3.05, 3.63) is 59.7 Å². The van der Waals surface area contributed by atoms with Crippen LogP contribution in [-0.4, -0.2) is 43.3 Å². The third kappa shape index (κ3) is 8.92. The number of hydrogen-bond acceptors (Lipinski definition) is 6. The van der Waals surface area contributed by atoms with E-state index in [4.69, 9.17) is 5.11 Å². The number of benzene rings is 2. The molecule has 34 heavy (non-hydrogen) atoms. The predicted octanol–water partition coefficient (Wildman–Crippen LogP) is 5.64. The molecular formula is C18H15Br6NO7S2. The largest absolute Gasteiger partial charge is 0.480 e. The van der Waals surface area contributed by atoms with Crippen molar-refractivity contribution in [1.82, 2.24) is 5.32 Å². The molecule has 0 spiro atoms. The van der Waals surface area contributed by atoms with Crippen LogP contribution in [0.1, 0.15) is 15.9 Å². The van der Waals surface area contributed by atoms with Gasteiger partial charge >= 0.3 is 5.97 Å². The molecule has 0 unspecified atom stereocenters. The Bertz CT molecular complexity index is 1270. The first-order valence-corrected chi connectivity index (χ1v) is 16.3. The fourth-order valence-electron chi connectivity index (χ4n) is 2.11. The quantitative estimate of drug-likeness (QED) is 0.372. The number of alkyl halides is 6. The SMILES string of the molecule is Cc1cccc(S(=O)(=O)C(Br)(Br)Br)c1.O=C(O)CNC(=O)c1cccc(S(=O)(=O)C(Br)(Br)Br)c1. The van der Waals surface area contributed by atoms with Crippen molar-refractivity contribution in [3.8, 4) is 0 Å². The Morgan fingerprint density at radius 3 is 1.68 bits per heavy atom. The smallest absolute Gasteiger partial charge is 0.322 e. The summed E-state index contributed by atoms with van der Waals surface area (Å²) >= 11 is 17.8. The molecule has 0 saturated carbocycles. The minimum absolute atomic E-state index is 0.0454. The molecule has 1 amide bonds. The fraction of sp³-hybridized carbons (Fsp3) is 0.222. The first kappa shape index (κ1) is 32.2. The Morgan fingerprint density at radius 2 is 1.26 bits per heavy atom. The van der Waals surface area contributed by atoms with E-state index < -0.39 is 41.0 Å². The van der Waals surface area contributed by atoms with Gasteiger partial charge in [-0.2, -0.15) is 0 Å². The minimum Gasteiger partial charge on any atom is -0.480 e. The molecule has 0 bridgehead atoms. The second-order valence-corrected chi connectivity index (χ2v) is 27.2. The van der Waals surface area contributed by atoms with Gasteiger partial charge in [-0.3, -0.25) is 9.59 Å². The van der Waals surface area contributed by atoms with Crippen LogP contribution in [0.5, 0.6) is 0 Å². The molecule has 0 radical (unpaired) electrons. The number of amides is 1. The summed E-state index contributed by atoms with van der Waals surface area (Å²) in [6.45, 7) is 1.30. The zero-order valence-electron chi connectivity index (χ0n) is 16.8. The highest BCUT2D eigenvalue weighted by Crippen LogP contribution is 2.44. The van der Waals surface area contributed by atoms with Crippen LogP contribution in [0, 0.1) is 6.92 Å². The first-order valence-electron chi connectivity index (χ1n) is 8.60. The molecule has 2 aromatic carbocycles. The van der Waals surface area contributed by atoms with Gasteiger partial charge in [0.25, 0.3) is 5.91 Å². The third-order valence-electron chi connectivity index (χ3n) is 3.72. The Kier molecular flexibility index (Phi) is 11.9. The van der Waals surface area contributed by atoms with E-state index in [2.05, 4.69) is 101 Å². The van der Waals surface area contributed by atoms with Crippen LogP contribution in [0.3, 0.4) is 0 Å². The number of hydrogen-bond donors (Lipinski definition) is 2. The average Bonchev–Trinajstić information content (AvgIpc) is 2.71. The van der Waals surface area contributed by atoms with Crippen LogP contribution < -0.4 is 5.32 Å². The highest BCUT2D eigenvalue weighted by molar-refractivity contribution is 9.42. The van der Waals surface area contributed by atoms with E-state index in [1.54, 1.807) is 18.2 Å². The van der Waals surface area contributed by atoms with E-state index in [1.807, 2.05) is 13.0 Å². The number of halogens is 6. The van der Waals surface area contributed by atoms with Crippen molar-refractivity contribution in [3.63, 3.8) is 0 Å². The second kappa shape index (κ2) is 12.6. The van der Waals surface area contributed by atoms with E-state index in [1.165, 1.54) is 18.2 Å². The summed E-state index contributed by atoms with van der Waals surface area (Å²) in [6.07, 6.45) is 0. The molecule has 0 aliphatic rings. The molecule has 2 rings (SSSR count). The number of carboxylic acid groups (broad SMARTS) is 1. The van der Waals surface area contributed by atoms with Gasteiger partial charge in [0.2, 0.25) is 22.6 Å². The van der Waals surface area contributed by atoms with Crippen molar-refractivity contribution in [2.45, 2.75) is 19.7 Å². The van der Waals surface area contributed by atoms with Crippen LogP contribution in [0.4, 0.5) is 0 Å². The van der Waals surface area contributed by atoms with E-state index in [-0.39, 0.29) is 15.4 Å². The highest BCUT2D eigenvalue weighted by Gasteiger charge is 2.38. The summed E-state index contributed by atoms with van der Waals surface area (Å²) in [7, 11) is -7.26. The maximum Gasteiger partial charge on any atom is 0.322 e. The standard InChI is InChI=1S/C10H8Br3NO5S.C8H7Br3O2S/c11-10(12,13)20(18,19)7-3-1-2-6(4-7)9(17)14-5-8(15)16;1-6-3-2-4-7(5-6)14(12,13)8(9,10)11/h1-4H,5H2,(H,14,17)(H,15,16);2-5H,1H3. The number of sulfone groups is 2.